The molecule has 0 aliphatic rings. The minimum absolute atomic E-state index is 0.0430. The van der Waals surface area contributed by atoms with Crippen molar-refractivity contribution in [3.63, 3.8) is 0 Å². The van der Waals surface area contributed by atoms with E-state index in [4.69, 9.17) is 23.2 Å². The van der Waals surface area contributed by atoms with E-state index >= 15 is 0 Å². The summed E-state index contributed by atoms with van der Waals surface area (Å²) in [7, 11) is 0. The molecule has 0 aliphatic heterocycles. The average molecular weight is 323 g/mol. The summed E-state index contributed by atoms with van der Waals surface area (Å²) in [6.07, 6.45) is 5.31. The van der Waals surface area contributed by atoms with Gasteiger partial charge in [0.2, 0.25) is 0 Å². The van der Waals surface area contributed by atoms with E-state index < -0.39 is 4.92 Å². The summed E-state index contributed by atoms with van der Waals surface area (Å²) in [6, 6.07) is 2.78. The lowest BCUT2D eigenvalue weighted by atomic mass is 10.2. The summed E-state index contributed by atoms with van der Waals surface area (Å²) in [4.78, 5) is 10.5. The molecule has 0 atom stereocenters. The van der Waals surface area contributed by atoms with Gasteiger partial charge in [0, 0.05) is 12.6 Å². The van der Waals surface area contributed by atoms with Crippen LogP contribution in [0.5, 0.6) is 0 Å². The maximum absolute atomic E-state index is 10.9. The fourth-order valence-corrected chi connectivity index (χ4v) is 2.41. The zero-order chi connectivity index (χ0) is 14.3. The van der Waals surface area contributed by atoms with Gasteiger partial charge in [-0.3, -0.25) is 10.1 Å². The predicted octanol–water partition coefficient (Wildman–Crippen LogP) is 4.85. The third-order valence-corrected chi connectivity index (χ3v) is 4.00. The SMILES string of the molecule is CSCCCCCNc1cc(Cl)c(Cl)cc1[N+](=O)[O-]. The third-order valence-electron chi connectivity index (χ3n) is 2.58. The molecule has 0 saturated heterocycles. The normalized spacial score (nSPS) is 10.5. The standard InChI is InChI=1S/C12H16Cl2N2O2S/c1-19-6-4-2-3-5-15-11-7-9(13)10(14)8-12(11)16(17)18/h7-8,15H,2-6H2,1H3. The van der Waals surface area contributed by atoms with E-state index in [2.05, 4.69) is 11.6 Å². The lowest BCUT2D eigenvalue weighted by molar-refractivity contribution is -0.383. The minimum atomic E-state index is -0.460. The van der Waals surface area contributed by atoms with Crippen molar-refractivity contribution in [1.29, 1.82) is 0 Å². The van der Waals surface area contributed by atoms with E-state index in [1.54, 1.807) is 0 Å². The Morgan fingerprint density at radius 3 is 2.58 bits per heavy atom. The van der Waals surface area contributed by atoms with E-state index in [1.165, 1.54) is 12.1 Å². The van der Waals surface area contributed by atoms with Crippen molar-refractivity contribution in [1.82, 2.24) is 0 Å². The second-order valence-corrected chi connectivity index (χ2v) is 5.82. The predicted molar refractivity (Wildman–Crippen MR) is 83.8 cm³/mol. The van der Waals surface area contributed by atoms with Gasteiger partial charge in [-0.25, -0.2) is 0 Å². The summed E-state index contributed by atoms with van der Waals surface area (Å²) >= 11 is 13.5. The molecular formula is C12H16Cl2N2O2S. The number of nitro groups is 1. The molecule has 1 N–H and O–H groups in total. The van der Waals surface area contributed by atoms with Gasteiger partial charge < -0.3 is 5.32 Å². The molecule has 19 heavy (non-hydrogen) atoms. The first-order valence-electron chi connectivity index (χ1n) is 5.92. The summed E-state index contributed by atoms with van der Waals surface area (Å²) in [5, 5.41) is 14.5. The van der Waals surface area contributed by atoms with E-state index in [-0.39, 0.29) is 10.7 Å². The quantitative estimate of drug-likeness (QED) is 0.422. The van der Waals surface area contributed by atoms with Gasteiger partial charge in [0.1, 0.15) is 5.69 Å². The third kappa shape index (κ3) is 5.47. The van der Waals surface area contributed by atoms with Crippen molar-refractivity contribution in [2.24, 2.45) is 0 Å². The molecule has 0 saturated carbocycles. The van der Waals surface area contributed by atoms with Crippen molar-refractivity contribution in [3.8, 4) is 0 Å². The molecule has 0 unspecified atom stereocenters. The Morgan fingerprint density at radius 2 is 1.95 bits per heavy atom. The monoisotopic (exact) mass is 322 g/mol. The number of nitro benzene ring substituents is 1. The summed E-state index contributed by atoms with van der Waals surface area (Å²) in [5.74, 6) is 1.15. The first-order chi connectivity index (χ1) is 9.06. The Morgan fingerprint density at radius 1 is 1.26 bits per heavy atom. The number of thioether (sulfide) groups is 1. The maximum atomic E-state index is 10.9. The molecule has 0 radical (unpaired) electrons. The molecule has 1 aromatic rings. The highest BCUT2D eigenvalue weighted by Gasteiger charge is 2.16. The van der Waals surface area contributed by atoms with Crippen LogP contribution in [0.3, 0.4) is 0 Å². The zero-order valence-electron chi connectivity index (χ0n) is 10.6. The number of nitrogens with zero attached hydrogens (tertiary/aromatic N) is 1. The van der Waals surface area contributed by atoms with Crippen LogP contribution in [0.15, 0.2) is 12.1 Å². The zero-order valence-corrected chi connectivity index (χ0v) is 12.9. The minimum Gasteiger partial charge on any atom is -0.379 e. The first-order valence-corrected chi connectivity index (χ1v) is 8.07. The number of anilines is 1. The van der Waals surface area contributed by atoms with Gasteiger partial charge in [-0.05, 0) is 30.9 Å². The molecule has 1 rings (SSSR count). The van der Waals surface area contributed by atoms with Crippen molar-refractivity contribution in [2.75, 3.05) is 23.9 Å². The van der Waals surface area contributed by atoms with Gasteiger partial charge in [-0.1, -0.05) is 29.6 Å². The second-order valence-electron chi connectivity index (χ2n) is 4.02. The largest absolute Gasteiger partial charge is 0.379 e. The molecule has 4 nitrogen and oxygen atoms in total. The van der Waals surface area contributed by atoms with Gasteiger partial charge in [0.25, 0.3) is 5.69 Å². The lowest BCUT2D eigenvalue weighted by Crippen LogP contribution is -2.04. The number of nitrogens with one attached hydrogen (secondary N) is 1. The second kappa shape index (κ2) is 8.51. The number of benzene rings is 1. The van der Waals surface area contributed by atoms with Crippen LogP contribution >= 0.6 is 35.0 Å². The fraction of sp³-hybridized carbons (Fsp3) is 0.500. The molecule has 7 heteroatoms. The van der Waals surface area contributed by atoms with Crippen molar-refractivity contribution in [2.45, 2.75) is 19.3 Å². The summed E-state index contributed by atoms with van der Waals surface area (Å²) in [5.41, 5.74) is 0.378. The van der Waals surface area contributed by atoms with Crippen LogP contribution in [0.4, 0.5) is 11.4 Å². The molecule has 0 aromatic heterocycles. The lowest BCUT2D eigenvalue weighted by Gasteiger charge is -2.08. The number of hydrogen-bond donors (Lipinski definition) is 1. The number of unbranched alkanes of at least 4 members (excludes halogenated alkanes) is 2. The Balaban J connectivity index is 2.57. The molecule has 1 aromatic carbocycles. The molecule has 0 fully saturated rings. The number of hydrogen-bond acceptors (Lipinski definition) is 4. The van der Waals surface area contributed by atoms with Crippen LogP contribution in [-0.4, -0.2) is 23.5 Å². The Kier molecular flexibility index (Phi) is 7.34. The molecule has 0 heterocycles. The highest BCUT2D eigenvalue weighted by Crippen LogP contribution is 2.33. The topological polar surface area (TPSA) is 55.2 Å². The molecule has 0 spiro atoms. The van der Waals surface area contributed by atoms with E-state index in [0.29, 0.717) is 17.3 Å². The maximum Gasteiger partial charge on any atom is 0.293 e. The highest BCUT2D eigenvalue weighted by molar-refractivity contribution is 7.98. The van der Waals surface area contributed by atoms with Crippen molar-refractivity contribution in [3.05, 3.63) is 32.3 Å². The van der Waals surface area contributed by atoms with Crippen LogP contribution in [0, 0.1) is 10.1 Å². The molecular weight excluding hydrogens is 307 g/mol. The Labute approximate surface area is 127 Å². The number of rotatable bonds is 8. The van der Waals surface area contributed by atoms with Gasteiger partial charge >= 0.3 is 0 Å². The molecule has 106 valence electrons. The van der Waals surface area contributed by atoms with Gasteiger partial charge in [0.05, 0.1) is 15.0 Å². The van der Waals surface area contributed by atoms with E-state index in [1.807, 2.05) is 11.8 Å². The van der Waals surface area contributed by atoms with E-state index in [0.717, 1.165) is 25.0 Å². The Hall–Kier alpha value is -0.650. The number of halogens is 2. The van der Waals surface area contributed by atoms with Gasteiger partial charge in [0.15, 0.2) is 0 Å². The molecule has 0 amide bonds. The smallest absolute Gasteiger partial charge is 0.293 e. The molecule has 0 aliphatic carbocycles. The van der Waals surface area contributed by atoms with Crippen molar-refractivity contribution < 1.29 is 4.92 Å². The summed E-state index contributed by atoms with van der Waals surface area (Å²) in [6.45, 7) is 0.688. The van der Waals surface area contributed by atoms with Gasteiger partial charge in [-0.2, -0.15) is 11.8 Å². The van der Waals surface area contributed by atoms with Crippen LogP contribution in [0.1, 0.15) is 19.3 Å². The first kappa shape index (κ1) is 16.4. The van der Waals surface area contributed by atoms with Crippen LogP contribution < -0.4 is 5.32 Å². The van der Waals surface area contributed by atoms with Crippen LogP contribution in [0.25, 0.3) is 0 Å². The van der Waals surface area contributed by atoms with Gasteiger partial charge in [-0.15, -0.1) is 0 Å². The van der Waals surface area contributed by atoms with Crippen LogP contribution in [-0.2, 0) is 0 Å². The summed E-state index contributed by atoms with van der Waals surface area (Å²) < 4.78 is 0. The Bertz CT molecular complexity index is 444. The fourth-order valence-electron chi connectivity index (χ4n) is 1.60. The van der Waals surface area contributed by atoms with E-state index in [9.17, 15) is 10.1 Å². The van der Waals surface area contributed by atoms with Crippen molar-refractivity contribution >= 4 is 46.3 Å². The molecule has 0 bridgehead atoms. The average Bonchev–Trinajstić information content (AvgIpc) is 2.37. The highest BCUT2D eigenvalue weighted by atomic mass is 35.5. The van der Waals surface area contributed by atoms with Crippen LogP contribution in [0.2, 0.25) is 10.0 Å².